The summed E-state index contributed by atoms with van der Waals surface area (Å²) < 4.78 is 27.1. The third kappa shape index (κ3) is 5.92. The second-order valence-corrected chi connectivity index (χ2v) is 12.5. The zero-order valence-corrected chi connectivity index (χ0v) is 21.8. The molecule has 0 aromatic carbocycles. The summed E-state index contributed by atoms with van der Waals surface area (Å²) in [6.45, 7) is 2.30. The molecule has 0 spiro atoms. The van der Waals surface area contributed by atoms with Gasteiger partial charge in [-0.3, -0.25) is 23.9 Å². The van der Waals surface area contributed by atoms with Crippen molar-refractivity contribution in [2.75, 3.05) is 6.54 Å². The number of carbonyl (C=O) groups excluding carboxylic acids is 4. The van der Waals surface area contributed by atoms with Crippen LogP contribution in [0, 0.1) is 5.92 Å². The lowest BCUT2D eigenvalue weighted by Gasteiger charge is -2.30. The van der Waals surface area contributed by atoms with E-state index in [1.807, 2.05) is 19.1 Å². The minimum atomic E-state index is -3.76. The summed E-state index contributed by atoms with van der Waals surface area (Å²) in [5, 5.41) is 5.16. The summed E-state index contributed by atoms with van der Waals surface area (Å²) in [5.41, 5.74) is -1.33. The van der Waals surface area contributed by atoms with E-state index in [9.17, 15) is 27.6 Å². The van der Waals surface area contributed by atoms with Gasteiger partial charge in [0.15, 0.2) is 0 Å². The molecule has 2 saturated carbocycles. The Morgan fingerprint density at radius 3 is 2.61 bits per heavy atom. The molecule has 4 atom stereocenters. The highest BCUT2D eigenvalue weighted by Crippen LogP contribution is 2.46. The number of fused-ring (bicyclic) bond motifs is 2. The topological polar surface area (TPSA) is 142 Å². The second kappa shape index (κ2) is 10.9. The SMILES string of the molecule is CCCC(=O)N[C@H]1CCCCC/C=C\[C@@H]2C[C@@]2(C(=O)NS(=O)(=O)C2CC2)NC(=O)[C@@H]2CCCN2C1=O. The van der Waals surface area contributed by atoms with Gasteiger partial charge in [-0.15, -0.1) is 0 Å². The number of rotatable bonds is 6. The molecule has 0 bridgehead atoms. The molecule has 4 rings (SSSR count). The molecule has 3 N–H and O–H groups in total. The van der Waals surface area contributed by atoms with Gasteiger partial charge in [-0.1, -0.05) is 31.9 Å². The Labute approximate surface area is 213 Å². The fourth-order valence-electron chi connectivity index (χ4n) is 5.27. The molecule has 200 valence electrons. The number of carbonyl (C=O) groups is 4. The van der Waals surface area contributed by atoms with Crippen LogP contribution in [0.15, 0.2) is 12.2 Å². The van der Waals surface area contributed by atoms with Gasteiger partial charge in [0.25, 0.3) is 5.91 Å². The lowest BCUT2D eigenvalue weighted by molar-refractivity contribution is -0.142. The third-order valence-electron chi connectivity index (χ3n) is 7.65. The van der Waals surface area contributed by atoms with Crippen molar-refractivity contribution in [3.63, 3.8) is 0 Å². The Bertz CT molecular complexity index is 1020. The maximum atomic E-state index is 13.5. The molecule has 4 aliphatic rings. The van der Waals surface area contributed by atoms with Gasteiger partial charge in [-0.2, -0.15) is 0 Å². The highest BCUT2D eigenvalue weighted by molar-refractivity contribution is 7.91. The summed E-state index contributed by atoms with van der Waals surface area (Å²) >= 11 is 0. The molecule has 0 radical (unpaired) electrons. The van der Waals surface area contributed by atoms with Crippen molar-refractivity contribution >= 4 is 33.7 Å². The van der Waals surface area contributed by atoms with Crippen LogP contribution >= 0.6 is 0 Å². The van der Waals surface area contributed by atoms with Crippen LogP contribution in [0.4, 0.5) is 0 Å². The number of sulfonamides is 1. The molecule has 1 saturated heterocycles. The number of nitrogens with zero attached hydrogens (tertiary/aromatic N) is 1. The van der Waals surface area contributed by atoms with Gasteiger partial charge in [0.2, 0.25) is 27.7 Å². The van der Waals surface area contributed by atoms with Crippen molar-refractivity contribution in [2.24, 2.45) is 5.92 Å². The van der Waals surface area contributed by atoms with E-state index < -0.39 is 44.7 Å². The first kappa shape index (κ1) is 26.6. The van der Waals surface area contributed by atoms with Gasteiger partial charge in [-0.25, -0.2) is 8.42 Å². The third-order valence-corrected chi connectivity index (χ3v) is 9.46. The Morgan fingerprint density at radius 2 is 1.89 bits per heavy atom. The summed E-state index contributed by atoms with van der Waals surface area (Å²) in [5.74, 6) is -1.91. The molecule has 10 nitrogen and oxygen atoms in total. The minimum Gasteiger partial charge on any atom is -0.344 e. The molecule has 2 aliphatic heterocycles. The average Bonchev–Trinajstić information content (AvgIpc) is 3.73. The quantitative estimate of drug-likeness (QED) is 0.449. The molecule has 36 heavy (non-hydrogen) atoms. The smallest absolute Gasteiger partial charge is 0.259 e. The molecule has 11 heteroatoms. The Morgan fingerprint density at radius 1 is 1.11 bits per heavy atom. The number of nitrogens with one attached hydrogen (secondary N) is 3. The van der Waals surface area contributed by atoms with Gasteiger partial charge in [-0.05, 0) is 57.8 Å². The van der Waals surface area contributed by atoms with Crippen LogP contribution in [0.5, 0.6) is 0 Å². The predicted octanol–water partition coefficient (Wildman–Crippen LogP) is 1.27. The molecule has 0 unspecified atom stereocenters. The zero-order chi connectivity index (χ0) is 25.9. The van der Waals surface area contributed by atoms with E-state index in [2.05, 4.69) is 15.4 Å². The van der Waals surface area contributed by atoms with Crippen LogP contribution < -0.4 is 15.4 Å². The number of allylic oxidation sites excluding steroid dienone is 1. The van der Waals surface area contributed by atoms with E-state index in [4.69, 9.17) is 0 Å². The van der Waals surface area contributed by atoms with Crippen molar-refractivity contribution in [1.82, 2.24) is 20.3 Å². The standard InChI is InChI=1S/C25H38N4O6S/c1-2-9-21(30)26-19-11-7-5-3-4-6-10-17-16-25(17,24(33)28-36(34,35)18-13-14-18)27-22(31)20-12-8-15-29(20)23(19)32/h6,10,17-20H,2-5,7-9,11-16H2,1H3,(H,26,30)(H,27,31)(H,28,33)/b10-6-/t17-,19+,20+,25-/m1/s1. The number of hydrogen-bond donors (Lipinski definition) is 3. The van der Waals surface area contributed by atoms with E-state index in [0.717, 1.165) is 25.7 Å². The fraction of sp³-hybridized carbons (Fsp3) is 0.760. The van der Waals surface area contributed by atoms with Gasteiger partial charge in [0, 0.05) is 18.9 Å². The largest absolute Gasteiger partial charge is 0.344 e. The van der Waals surface area contributed by atoms with E-state index >= 15 is 0 Å². The van der Waals surface area contributed by atoms with Gasteiger partial charge >= 0.3 is 0 Å². The molecule has 0 aromatic heterocycles. The van der Waals surface area contributed by atoms with Crippen LogP contribution in [-0.2, 0) is 29.2 Å². The molecule has 0 aromatic rings. The summed E-state index contributed by atoms with van der Waals surface area (Å²) in [6.07, 6.45) is 11.2. The number of hydrogen-bond acceptors (Lipinski definition) is 6. The highest BCUT2D eigenvalue weighted by atomic mass is 32.2. The van der Waals surface area contributed by atoms with Crippen molar-refractivity contribution in [3.8, 4) is 0 Å². The normalized spacial score (nSPS) is 32.2. The van der Waals surface area contributed by atoms with Gasteiger partial charge < -0.3 is 15.5 Å². The Kier molecular flexibility index (Phi) is 8.06. The van der Waals surface area contributed by atoms with E-state index in [0.29, 0.717) is 57.9 Å². The summed E-state index contributed by atoms with van der Waals surface area (Å²) in [4.78, 5) is 53.9. The van der Waals surface area contributed by atoms with E-state index in [1.54, 1.807) is 0 Å². The molecule has 2 aliphatic carbocycles. The lowest BCUT2D eigenvalue weighted by atomic mass is 10.0. The van der Waals surface area contributed by atoms with Crippen LogP contribution in [0.3, 0.4) is 0 Å². The molecule has 4 amide bonds. The molecular formula is C25H38N4O6S. The van der Waals surface area contributed by atoms with Crippen LogP contribution in [0.1, 0.15) is 84.0 Å². The second-order valence-electron chi connectivity index (χ2n) is 10.6. The molecule has 2 heterocycles. The fourth-order valence-corrected chi connectivity index (χ4v) is 6.63. The van der Waals surface area contributed by atoms with Gasteiger partial charge in [0.05, 0.1) is 5.25 Å². The summed E-state index contributed by atoms with van der Waals surface area (Å²) in [6, 6.07) is -1.45. The van der Waals surface area contributed by atoms with Crippen LogP contribution in [0.25, 0.3) is 0 Å². The first-order valence-corrected chi connectivity index (χ1v) is 14.9. The average molecular weight is 523 g/mol. The zero-order valence-electron chi connectivity index (χ0n) is 21.0. The minimum absolute atomic E-state index is 0.176. The first-order valence-electron chi connectivity index (χ1n) is 13.3. The predicted molar refractivity (Wildman–Crippen MR) is 133 cm³/mol. The Balaban J connectivity index is 1.55. The van der Waals surface area contributed by atoms with E-state index in [-0.39, 0.29) is 17.7 Å². The van der Waals surface area contributed by atoms with Crippen molar-refractivity contribution in [3.05, 3.63) is 12.2 Å². The van der Waals surface area contributed by atoms with E-state index in [1.165, 1.54) is 4.90 Å². The maximum absolute atomic E-state index is 13.5. The van der Waals surface area contributed by atoms with Gasteiger partial charge in [0.1, 0.15) is 17.6 Å². The monoisotopic (exact) mass is 522 g/mol. The van der Waals surface area contributed by atoms with Crippen molar-refractivity contribution < 1.29 is 27.6 Å². The highest BCUT2D eigenvalue weighted by Gasteiger charge is 2.61. The molecule has 3 fully saturated rings. The maximum Gasteiger partial charge on any atom is 0.259 e. The lowest BCUT2D eigenvalue weighted by Crippen LogP contribution is -2.58. The summed E-state index contributed by atoms with van der Waals surface area (Å²) in [7, 11) is -3.76. The van der Waals surface area contributed by atoms with Crippen molar-refractivity contribution in [2.45, 2.75) is 107 Å². The Hall–Kier alpha value is -2.43. The molecular weight excluding hydrogens is 484 g/mol. The van der Waals surface area contributed by atoms with Crippen LogP contribution in [-0.4, -0.2) is 66.4 Å². The van der Waals surface area contributed by atoms with Crippen LogP contribution in [0.2, 0.25) is 0 Å². The van der Waals surface area contributed by atoms with Crippen molar-refractivity contribution in [1.29, 1.82) is 0 Å². The first-order chi connectivity index (χ1) is 17.2. The number of amides is 4.